The van der Waals surface area contributed by atoms with Gasteiger partial charge in [-0.25, -0.2) is 0 Å². The predicted octanol–water partition coefficient (Wildman–Crippen LogP) is 0.306. The van der Waals surface area contributed by atoms with Gasteiger partial charge in [-0.15, -0.1) is 0 Å². The highest BCUT2D eigenvalue weighted by atomic mass is 24.3. The Morgan fingerprint density at radius 1 is 1.00 bits per heavy atom. The molecule has 0 aromatic carbocycles. The van der Waals surface area contributed by atoms with Crippen molar-refractivity contribution >= 4 is 34.5 Å². The second kappa shape index (κ2) is 5.84. The summed E-state index contributed by atoms with van der Waals surface area (Å²) in [7, 11) is 0. The van der Waals surface area contributed by atoms with Gasteiger partial charge in [-0.2, -0.15) is 0 Å². The molecule has 9 heavy (non-hydrogen) atoms. The summed E-state index contributed by atoms with van der Waals surface area (Å²) in [5.41, 5.74) is 0.625. The van der Waals surface area contributed by atoms with Gasteiger partial charge in [0.05, 0.1) is 0 Å². The van der Waals surface area contributed by atoms with Gasteiger partial charge in [0.15, 0.2) is 0 Å². The van der Waals surface area contributed by atoms with Crippen LogP contribution in [0.5, 0.6) is 0 Å². The largest absolute Gasteiger partial charge is 0.411 e. The van der Waals surface area contributed by atoms with Crippen LogP contribution in [0.1, 0.15) is 13.8 Å². The lowest BCUT2D eigenvalue weighted by Gasteiger charge is -1.88. The Labute approximate surface area is 69.4 Å². The number of oxime groups is 2. The van der Waals surface area contributed by atoms with E-state index in [0.717, 1.165) is 0 Å². The highest BCUT2D eigenvalue weighted by molar-refractivity contribution is 6.40. The van der Waals surface area contributed by atoms with Crippen molar-refractivity contribution in [3.8, 4) is 0 Å². The van der Waals surface area contributed by atoms with Crippen LogP contribution in [0.4, 0.5) is 0 Å². The quantitative estimate of drug-likeness (QED) is 0.238. The minimum Gasteiger partial charge on any atom is -0.411 e. The van der Waals surface area contributed by atoms with Gasteiger partial charge >= 0.3 is 0 Å². The van der Waals surface area contributed by atoms with E-state index in [1.54, 1.807) is 0 Å². The lowest BCUT2D eigenvalue weighted by Crippen LogP contribution is -2.04. The molecule has 0 aromatic rings. The molecule has 0 bridgehead atoms. The van der Waals surface area contributed by atoms with Crippen molar-refractivity contribution in [2.75, 3.05) is 0 Å². The van der Waals surface area contributed by atoms with E-state index in [9.17, 15) is 0 Å². The molecule has 48 valence electrons. The van der Waals surface area contributed by atoms with Crippen molar-refractivity contribution in [2.24, 2.45) is 10.3 Å². The molecule has 0 heterocycles. The molecule has 0 saturated carbocycles. The van der Waals surface area contributed by atoms with Crippen molar-refractivity contribution < 1.29 is 10.4 Å². The van der Waals surface area contributed by atoms with Crippen molar-refractivity contribution in [3.05, 3.63) is 0 Å². The number of nitrogens with zero attached hydrogens (tertiary/aromatic N) is 2. The van der Waals surface area contributed by atoms with Crippen molar-refractivity contribution in [3.63, 3.8) is 0 Å². The zero-order chi connectivity index (χ0) is 6.57. The molecule has 2 N–H and O–H groups in total. The maximum Gasteiger partial charge on any atom is 0.101 e. The number of hydrogen-bond acceptors (Lipinski definition) is 4. The van der Waals surface area contributed by atoms with Gasteiger partial charge in [0.1, 0.15) is 11.4 Å². The van der Waals surface area contributed by atoms with Crippen LogP contribution in [0.15, 0.2) is 10.3 Å². The van der Waals surface area contributed by atoms with E-state index in [2.05, 4.69) is 10.3 Å². The van der Waals surface area contributed by atoms with Gasteiger partial charge in [0.2, 0.25) is 0 Å². The van der Waals surface area contributed by atoms with E-state index >= 15 is 0 Å². The van der Waals surface area contributed by atoms with Crippen molar-refractivity contribution in [1.82, 2.24) is 0 Å². The van der Waals surface area contributed by atoms with Crippen LogP contribution in [0.25, 0.3) is 0 Å². The summed E-state index contributed by atoms with van der Waals surface area (Å²) >= 11 is 0. The third-order valence-electron chi connectivity index (χ3n) is 0.824. The monoisotopic (exact) mass is 140 g/mol. The molecule has 0 aliphatic heterocycles. The normalized spacial score (nSPS) is 12.7. The standard InChI is InChI=1S/C4H8N2O2.Mg/c1-3(5-7)4(2)6-8;/h7-8H,1-2H3;. The van der Waals surface area contributed by atoms with Crippen LogP contribution >= 0.6 is 0 Å². The second-order valence-corrected chi connectivity index (χ2v) is 1.37. The van der Waals surface area contributed by atoms with Gasteiger partial charge < -0.3 is 10.4 Å². The molecule has 0 spiro atoms. The fourth-order valence-electron chi connectivity index (χ4n) is 0.145. The fourth-order valence-corrected chi connectivity index (χ4v) is 0.145. The molecule has 0 atom stereocenters. The first-order chi connectivity index (χ1) is 3.72. The van der Waals surface area contributed by atoms with E-state index in [1.165, 1.54) is 13.8 Å². The van der Waals surface area contributed by atoms with Crippen LogP contribution in [-0.2, 0) is 0 Å². The number of rotatable bonds is 1. The van der Waals surface area contributed by atoms with Crippen LogP contribution < -0.4 is 0 Å². The molecular weight excluding hydrogens is 132 g/mol. The average Bonchev–Trinajstić information content (AvgIpc) is 1.84. The smallest absolute Gasteiger partial charge is 0.101 e. The number of hydrogen-bond donors (Lipinski definition) is 2. The molecule has 0 rings (SSSR count). The summed E-state index contributed by atoms with van der Waals surface area (Å²) in [6, 6.07) is 0. The molecular formula is C4H8MgN2O2. The molecule has 0 aromatic heterocycles. The van der Waals surface area contributed by atoms with E-state index in [4.69, 9.17) is 10.4 Å². The maximum absolute atomic E-state index is 8.03. The molecule has 5 heteroatoms. The Hall–Kier alpha value is -0.294. The molecule has 0 unspecified atom stereocenters. The SMILES string of the molecule is CC(=NO)C(C)=NO.[Mg]. The molecule has 0 aliphatic carbocycles. The van der Waals surface area contributed by atoms with Crippen LogP contribution in [-0.4, -0.2) is 44.9 Å². The predicted molar refractivity (Wildman–Crippen MR) is 35.5 cm³/mol. The van der Waals surface area contributed by atoms with Gasteiger partial charge in [0, 0.05) is 23.1 Å². The summed E-state index contributed by atoms with van der Waals surface area (Å²) in [4.78, 5) is 0. The maximum atomic E-state index is 8.03. The third kappa shape index (κ3) is 4.23. The van der Waals surface area contributed by atoms with Crippen molar-refractivity contribution in [1.29, 1.82) is 0 Å². The van der Waals surface area contributed by atoms with Crippen LogP contribution in [0.2, 0.25) is 0 Å². The topological polar surface area (TPSA) is 65.2 Å². The van der Waals surface area contributed by atoms with Gasteiger partial charge in [-0.1, -0.05) is 10.3 Å². The summed E-state index contributed by atoms with van der Waals surface area (Å²) in [5, 5.41) is 21.6. The Morgan fingerprint density at radius 2 is 1.22 bits per heavy atom. The first-order valence-electron chi connectivity index (χ1n) is 2.10. The average molecular weight is 140 g/mol. The Morgan fingerprint density at radius 3 is 1.33 bits per heavy atom. The van der Waals surface area contributed by atoms with Gasteiger partial charge in [-0.05, 0) is 13.8 Å². The van der Waals surface area contributed by atoms with E-state index in [1.807, 2.05) is 0 Å². The van der Waals surface area contributed by atoms with Gasteiger partial charge in [0.25, 0.3) is 0 Å². The second-order valence-electron chi connectivity index (χ2n) is 1.37. The first-order valence-corrected chi connectivity index (χ1v) is 2.10. The third-order valence-corrected chi connectivity index (χ3v) is 0.824. The zero-order valence-electron chi connectivity index (χ0n) is 5.50. The Kier molecular flexibility index (Phi) is 7.45. The zero-order valence-corrected chi connectivity index (χ0v) is 6.91. The highest BCUT2D eigenvalue weighted by Crippen LogP contribution is 1.79. The van der Waals surface area contributed by atoms with E-state index < -0.39 is 0 Å². The van der Waals surface area contributed by atoms with E-state index in [-0.39, 0.29) is 23.1 Å². The molecule has 0 fully saturated rings. The minimum atomic E-state index is 0. The minimum absolute atomic E-state index is 0. The Bertz CT molecular complexity index is 117. The molecule has 0 amide bonds. The Balaban J connectivity index is 0. The summed E-state index contributed by atoms with van der Waals surface area (Å²) < 4.78 is 0. The van der Waals surface area contributed by atoms with E-state index in [0.29, 0.717) is 11.4 Å². The molecule has 0 aliphatic rings. The highest BCUT2D eigenvalue weighted by Gasteiger charge is 1.93. The first kappa shape index (κ1) is 11.5. The van der Waals surface area contributed by atoms with Crippen LogP contribution in [0.3, 0.4) is 0 Å². The summed E-state index contributed by atoms with van der Waals surface area (Å²) in [5.74, 6) is 0. The molecule has 4 nitrogen and oxygen atoms in total. The summed E-state index contributed by atoms with van der Waals surface area (Å²) in [6.07, 6.45) is 0. The van der Waals surface area contributed by atoms with Crippen molar-refractivity contribution in [2.45, 2.75) is 13.8 Å². The van der Waals surface area contributed by atoms with Crippen LogP contribution in [0, 0.1) is 0 Å². The lowest BCUT2D eigenvalue weighted by atomic mass is 10.3. The summed E-state index contributed by atoms with van der Waals surface area (Å²) in [6.45, 7) is 3.07. The fraction of sp³-hybridized carbons (Fsp3) is 0.500. The molecule has 2 radical (unpaired) electrons. The molecule has 0 saturated heterocycles. The lowest BCUT2D eigenvalue weighted by molar-refractivity contribution is 0.313. The van der Waals surface area contributed by atoms with Gasteiger partial charge in [-0.3, -0.25) is 0 Å².